The number of carbonyl (C=O) groups is 1. The highest BCUT2D eigenvalue weighted by Crippen LogP contribution is 2.06. The number of nitrogens with zero attached hydrogens (tertiary/aromatic N) is 5. The number of aromatic nitrogens is 5. The quantitative estimate of drug-likeness (QED) is 0.792. The van der Waals surface area contributed by atoms with Gasteiger partial charge in [-0.25, -0.2) is 9.48 Å². The van der Waals surface area contributed by atoms with Crippen molar-refractivity contribution >= 4 is 5.97 Å². The maximum absolute atomic E-state index is 10.8. The summed E-state index contributed by atoms with van der Waals surface area (Å²) in [5.41, 5.74) is 1.48. The van der Waals surface area contributed by atoms with E-state index in [1.807, 2.05) is 13.2 Å². The summed E-state index contributed by atoms with van der Waals surface area (Å²) in [5, 5.41) is 20.2. The molecule has 0 amide bonds. The van der Waals surface area contributed by atoms with E-state index in [1.54, 1.807) is 22.5 Å². The Kier molecular flexibility index (Phi) is 2.43. The van der Waals surface area contributed by atoms with Crippen molar-refractivity contribution in [2.24, 2.45) is 7.05 Å². The van der Waals surface area contributed by atoms with Crippen LogP contribution in [0.2, 0.25) is 0 Å². The second kappa shape index (κ2) is 3.76. The average molecular weight is 221 g/mol. The predicted octanol–water partition coefficient (Wildman–Crippen LogP) is 0.0665. The molecule has 0 aliphatic heterocycles. The third-order valence-corrected chi connectivity index (χ3v) is 2.28. The first-order valence-corrected chi connectivity index (χ1v) is 4.69. The van der Waals surface area contributed by atoms with Crippen molar-refractivity contribution in [1.82, 2.24) is 24.8 Å². The van der Waals surface area contributed by atoms with Gasteiger partial charge in [0.2, 0.25) is 0 Å². The van der Waals surface area contributed by atoms with Crippen molar-refractivity contribution in [2.45, 2.75) is 13.5 Å². The van der Waals surface area contributed by atoms with Crippen LogP contribution in [-0.2, 0) is 13.6 Å². The summed E-state index contributed by atoms with van der Waals surface area (Å²) in [7, 11) is 1.82. The Labute approximate surface area is 91.3 Å². The number of carboxylic acid groups (broad SMARTS) is 1. The number of aryl methyl sites for hydroxylation is 1. The Morgan fingerprint density at radius 3 is 2.81 bits per heavy atom. The van der Waals surface area contributed by atoms with Gasteiger partial charge < -0.3 is 5.11 Å². The first-order chi connectivity index (χ1) is 7.58. The minimum absolute atomic E-state index is 0.0103. The van der Waals surface area contributed by atoms with E-state index < -0.39 is 5.97 Å². The lowest BCUT2D eigenvalue weighted by Gasteiger charge is -1.99. The molecule has 0 atom stereocenters. The molecule has 0 radical (unpaired) electrons. The van der Waals surface area contributed by atoms with Crippen LogP contribution in [0, 0.1) is 6.92 Å². The van der Waals surface area contributed by atoms with Crippen molar-refractivity contribution < 1.29 is 9.90 Å². The summed E-state index contributed by atoms with van der Waals surface area (Å²) >= 11 is 0. The normalized spacial score (nSPS) is 10.6. The van der Waals surface area contributed by atoms with E-state index >= 15 is 0 Å². The van der Waals surface area contributed by atoms with Crippen LogP contribution in [0.15, 0.2) is 12.4 Å². The maximum atomic E-state index is 10.8. The Morgan fingerprint density at radius 1 is 1.56 bits per heavy atom. The molecule has 0 aliphatic rings. The van der Waals surface area contributed by atoms with Gasteiger partial charge in [0.1, 0.15) is 0 Å². The summed E-state index contributed by atoms with van der Waals surface area (Å²) in [6.45, 7) is 2.15. The maximum Gasteiger partial charge on any atom is 0.358 e. The highest BCUT2D eigenvalue weighted by atomic mass is 16.4. The van der Waals surface area contributed by atoms with Gasteiger partial charge in [0, 0.05) is 18.8 Å². The fourth-order valence-electron chi connectivity index (χ4n) is 1.43. The largest absolute Gasteiger partial charge is 0.476 e. The van der Waals surface area contributed by atoms with E-state index in [2.05, 4.69) is 15.4 Å². The van der Waals surface area contributed by atoms with Gasteiger partial charge in [-0.05, 0) is 6.92 Å². The number of hydrogen-bond donors (Lipinski definition) is 1. The van der Waals surface area contributed by atoms with Crippen LogP contribution in [-0.4, -0.2) is 35.9 Å². The zero-order valence-electron chi connectivity index (χ0n) is 8.95. The van der Waals surface area contributed by atoms with Crippen molar-refractivity contribution in [1.29, 1.82) is 0 Å². The number of aromatic carboxylic acids is 1. The van der Waals surface area contributed by atoms with E-state index in [0.29, 0.717) is 12.2 Å². The monoisotopic (exact) mass is 221 g/mol. The second-order valence-electron chi connectivity index (χ2n) is 3.51. The van der Waals surface area contributed by atoms with Crippen LogP contribution in [0.25, 0.3) is 0 Å². The molecular formula is C9H11N5O2. The number of rotatable bonds is 3. The molecule has 0 spiro atoms. The molecule has 7 nitrogen and oxygen atoms in total. The van der Waals surface area contributed by atoms with E-state index in [9.17, 15) is 4.79 Å². The lowest BCUT2D eigenvalue weighted by molar-refractivity contribution is 0.0689. The molecule has 1 N–H and O–H groups in total. The highest BCUT2D eigenvalue weighted by molar-refractivity contribution is 5.86. The first-order valence-electron chi connectivity index (χ1n) is 4.69. The molecule has 0 saturated heterocycles. The molecule has 0 fully saturated rings. The summed E-state index contributed by atoms with van der Waals surface area (Å²) < 4.78 is 3.22. The third-order valence-electron chi connectivity index (χ3n) is 2.28. The molecule has 0 aromatic carbocycles. The van der Waals surface area contributed by atoms with E-state index in [1.165, 1.54) is 0 Å². The molecular weight excluding hydrogens is 210 g/mol. The van der Waals surface area contributed by atoms with Crippen LogP contribution in [0.3, 0.4) is 0 Å². The van der Waals surface area contributed by atoms with Gasteiger partial charge in [-0.2, -0.15) is 5.10 Å². The minimum atomic E-state index is -1.06. The fraction of sp³-hybridized carbons (Fsp3) is 0.333. The highest BCUT2D eigenvalue weighted by Gasteiger charge is 2.15. The Hall–Kier alpha value is -2.18. The van der Waals surface area contributed by atoms with Gasteiger partial charge in [-0.1, -0.05) is 5.21 Å². The number of hydrogen-bond acceptors (Lipinski definition) is 4. The molecule has 0 saturated carbocycles. The smallest absolute Gasteiger partial charge is 0.358 e. The van der Waals surface area contributed by atoms with Crippen LogP contribution in [0.5, 0.6) is 0 Å². The predicted molar refractivity (Wildman–Crippen MR) is 54.0 cm³/mol. The minimum Gasteiger partial charge on any atom is -0.476 e. The van der Waals surface area contributed by atoms with Gasteiger partial charge in [0.25, 0.3) is 0 Å². The van der Waals surface area contributed by atoms with Crippen molar-refractivity contribution in [3.05, 3.63) is 29.3 Å². The Balaban J connectivity index is 2.25. The Morgan fingerprint density at radius 2 is 2.31 bits per heavy atom. The molecule has 0 aliphatic carbocycles. The number of carboxylic acids is 1. The molecule has 2 aromatic heterocycles. The summed E-state index contributed by atoms with van der Waals surface area (Å²) in [5.74, 6) is -1.06. The molecule has 7 heteroatoms. The molecule has 0 unspecified atom stereocenters. The third kappa shape index (κ3) is 1.79. The standard InChI is InChI=1S/C9H11N5O2/c1-6-8(9(15)16)11-12-14(6)5-7-3-10-13(2)4-7/h3-4H,5H2,1-2H3,(H,15,16). The molecule has 84 valence electrons. The second-order valence-corrected chi connectivity index (χ2v) is 3.51. The van der Waals surface area contributed by atoms with E-state index in [-0.39, 0.29) is 5.69 Å². The van der Waals surface area contributed by atoms with E-state index in [0.717, 1.165) is 5.56 Å². The summed E-state index contributed by atoms with van der Waals surface area (Å²) in [6, 6.07) is 0. The average Bonchev–Trinajstić information content (AvgIpc) is 2.76. The van der Waals surface area contributed by atoms with Crippen molar-refractivity contribution in [3.8, 4) is 0 Å². The van der Waals surface area contributed by atoms with Gasteiger partial charge in [-0.3, -0.25) is 4.68 Å². The van der Waals surface area contributed by atoms with E-state index in [4.69, 9.17) is 5.11 Å². The molecule has 16 heavy (non-hydrogen) atoms. The first kappa shape index (κ1) is 10.3. The fourth-order valence-corrected chi connectivity index (χ4v) is 1.43. The van der Waals surface area contributed by atoms with Gasteiger partial charge in [0.15, 0.2) is 5.69 Å². The van der Waals surface area contributed by atoms with Crippen molar-refractivity contribution in [2.75, 3.05) is 0 Å². The van der Waals surface area contributed by atoms with Crippen LogP contribution in [0.4, 0.5) is 0 Å². The molecule has 2 aromatic rings. The molecule has 0 bridgehead atoms. The summed E-state index contributed by atoms with van der Waals surface area (Å²) in [4.78, 5) is 10.8. The van der Waals surface area contributed by atoms with Gasteiger partial charge in [-0.15, -0.1) is 5.10 Å². The zero-order valence-corrected chi connectivity index (χ0v) is 8.95. The lowest BCUT2D eigenvalue weighted by Crippen LogP contribution is -2.05. The van der Waals surface area contributed by atoms with Crippen LogP contribution < -0.4 is 0 Å². The molecule has 2 heterocycles. The summed E-state index contributed by atoms with van der Waals surface area (Å²) in [6.07, 6.45) is 3.56. The SMILES string of the molecule is Cc1c(C(=O)O)nnn1Cc1cnn(C)c1. The van der Waals surface area contributed by atoms with Crippen molar-refractivity contribution in [3.63, 3.8) is 0 Å². The van der Waals surface area contributed by atoms with Crippen LogP contribution >= 0.6 is 0 Å². The zero-order chi connectivity index (χ0) is 11.7. The Bertz CT molecular complexity index is 528. The van der Waals surface area contributed by atoms with Crippen LogP contribution in [0.1, 0.15) is 21.7 Å². The van der Waals surface area contributed by atoms with Gasteiger partial charge in [0.05, 0.1) is 18.4 Å². The topological polar surface area (TPSA) is 85.8 Å². The lowest BCUT2D eigenvalue weighted by atomic mass is 10.3. The molecule has 2 rings (SSSR count). The van der Waals surface area contributed by atoms with Gasteiger partial charge >= 0.3 is 5.97 Å².